The van der Waals surface area contributed by atoms with Gasteiger partial charge in [0.05, 0.1) is 5.75 Å². The summed E-state index contributed by atoms with van der Waals surface area (Å²) >= 11 is 7.40. The summed E-state index contributed by atoms with van der Waals surface area (Å²) in [6, 6.07) is 0. The van der Waals surface area contributed by atoms with Gasteiger partial charge in [0, 0.05) is 0 Å². The third-order valence-electron chi connectivity index (χ3n) is 0.287. The van der Waals surface area contributed by atoms with Gasteiger partial charge in [-0.1, -0.05) is 47.8 Å². The topological polar surface area (TPSA) is 37.3 Å². The fourth-order valence-corrected chi connectivity index (χ4v) is 2.18. The lowest BCUT2D eigenvalue weighted by atomic mass is 11.0. The van der Waals surface area contributed by atoms with Crippen LogP contribution in [0.25, 0.3) is 0 Å². The number of halogens is 3. The molecule has 1 unspecified atom stereocenters. The van der Waals surface area contributed by atoms with E-state index in [4.69, 9.17) is 4.55 Å². The molecule has 0 heterocycles. The van der Waals surface area contributed by atoms with E-state index >= 15 is 0 Å². The quantitative estimate of drug-likeness (QED) is 0.590. The molecule has 0 bridgehead atoms. The third-order valence-corrected chi connectivity index (χ3v) is 2.92. The van der Waals surface area contributed by atoms with E-state index in [0.29, 0.717) is 0 Å². The summed E-state index contributed by atoms with van der Waals surface area (Å²) in [4.78, 5) is 0. The Labute approximate surface area is 75.1 Å². The van der Waals surface area contributed by atoms with Crippen LogP contribution in [0, 0.1) is 0 Å². The first-order valence-corrected chi connectivity index (χ1v) is 5.21. The summed E-state index contributed by atoms with van der Waals surface area (Å²) in [5, 5.41) is 0. The summed E-state index contributed by atoms with van der Waals surface area (Å²) in [5.74, 6) is 0.104. The van der Waals surface area contributed by atoms with Crippen molar-refractivity contribution in [3.8, 4) is 0 Å². The average molecular weight is 331 g/mol. The lowest BCUT2D eigenvalue weighted by molar-refractivity contribution is 0.565. The first kappa shape index (κ1) is 9.55. The van der Waals surface area contributed by atoms with Crippen molar-refractivity contribution in [3.63, 3.8) is 0 Å². The fraction of sp³-hybridized carbons (Fsp3) is 1.00. The Morgan fingerprint density at radius 3 is 1.88 bits per heavy atom. The van der Waals surface area contributed by atoms with Crippen LogP contribution in [0.5, 0.6) is 0 Å². The van der Waals surface area contributed by atoms with E-state index in [0.717, 1.165) is 0 Å². The molecule has 0 radical (unpaired) electrons. The molecule has 0 spiro atoms. The highest BCUT2D eigenvalue weighted by Crippen LogP contribution is 2.33. The van der Waals surface area contributed by atoms with Crippen molar-refractivity contribution in [2.75, 3.05) is 5.75 Å². The highest BCUT2D eigenvalue weighted by molar-refractivity contribution is 9.39. The Bertz CT molecular complexity index is 97.9. The minimum absolute atomic E-state index is 0.104. The van der Waals surface area contributed by atoms with Crippen molar-refractivity contribution in [1.82, 2.24) is 0 Å². The molecule has 0 amide bonds. The molecule has 0 saturated carbocycles. The minimum Gasteiger partial charge on any atom is -0.306 e. The summed E-state index contributed by atoms with van der Waals surface area (Å²) < 4.78 is 17.7. The van der Waals surface area contributed by atoms with E-state index in [2.05, 4.69) is 47.8 Å². The smallest absolute Gasteiger partial charge is 0.156 e. The standard InChI is InChI=1S/C2H3Br3O2S/c3-2(4,5)1-8(6)7/h1H2,(H,6,7). The molecule has 0 aliphatic carbocycles. The Hall–Kier alpha value is 1.55. The van der Waals surface area contributed by atoms with Crippen LogP contribution in [0.4, 0.5) is 0 Å². The Kier molecular flexibility index (Phi) is 4.36. The van der Waals surface area contributed by atoms with E-state index in [1.54, 1.807) is 0 Å². The number of hydrogen-bond acceptors (Lipinski definition) is 1. The van der Waals surface area contributed by atoms with Crippen molar-refractivity contribution in [1.29, 1.82) is 0 Å². The van der Waals surface area contributed by atoms with E-state index < -0.39 is 13.2 Å². The predicted octanol–water partition coefficient (Wildman–Crippen LogP) is 2.05. The minimum atomic E-state index is -1.78. The Balaban J connectivity index is 3.55. The number of hydrogen-bond donors (Lipinski definition) is 1. The molecule has 1 N–H and O–H groups in total. The number of rotatable bonds is 1. The van der Waals surface area contributed by atoms with Gasteiger partial charge >= 0.3 is 0 Å². The van der Waals surface area contributed by atoms with Gasteiger partial charge in [-0.15, -0.1) is 0 Å². The molecular weight excluding hydrogens is 328 g/mol. The molecule has 6 heteroatoms. The van der Waals surface area contributed by atoms with Crippen LogP contribution in [0.15, 0.2) is 0 Å². The highest BCUT2D eigenvalue weighted by atomic mass is 80.0. The van der Waals surface area contributed by atoms with Gasteiger partial charge in [0.25, 0.3) is 0 Å². The van der Waals surface area contributed by atoms with E-state index in [1.165, 1.54) is 0 Å². The zero-order valence-electron chi connectivity index (χ0n) is 3.60. The van der Waals surface area contributed by atoms with Crippen molar-refractivity contribution in [2.45, 2.75) is 2.14 Å². The van der Waals surface area contributed by atoms with Gasteiger partial charge in [0.2, 0.25) is 0 Å². The van der Waals surface area contributed by atoms with Gasteiger partial charge in [-0.25, -0.2) is 4.21 Å². The maximum Gasteiger partial charge on any atom is 0.156 e. The second-order valence-corrected chi connectivity index (χ2v) is 9.27. The maximum absolute atomic E-state index is 10.0. The van der Waals surface area contributed by atoms with Crippen LogP contribution < -0.4 is 0 Å². The normalized spacial score (nSPS) is 16.0. The molecule has 2 nitrogen and oxygen atoms in total. The monoisotopic (exact) mass is 328 g/mol. The Morgan fingerprint density at radius 2 is 1.88 bits per heavy atom. The predicted molar refractivity (Wildman–Crippen MR) is 45.2 cm³/mol. The van der Waals surface area contributed by atoms with Gasteiger partial charge in [0.15, 0.2) is 11.1 Å². The largest absolute Gasteiger partial charge is 0.306 e. The zero-order chi connectivity index (χ0) is 6.78. The molecule has 50 valence electrons. The second-order valence-electron chi connectivity index (χ2n) is 1.08. The maximum atomic E-state index is 10.0. The lowest BCUT2D eigenvalue weighted by Crippen LogP contribution is -2.11. The van der Waals surface area contributed by atoms with E-state index in [9.17, 15) is 4.21 Å². The van der Waals surface area contributed by atoms with Crippen LogP contribution in [-0.4, -0.2) is 16.7 Å². The van der Waals surface area contributed by atoms with Gasteiger partial charge < -0.3 is 4.55 Å². The first-order chi connectivity index (χ1) is 3.42. The van der Waals surface area contributed by atoms with Crippen molar-refractivity contribution in [2.24, 2.45) is 0 Å². The van der Waals surface area contributed by atoms with Crippen LogP contribution in [0.3, 0.4) is 0 Å². The fourth-order valence-electron chi connectivity index (χ4n) is 0.140. The van der Waals surface area contributed by atoms with Crippen LogP contribution in [0.2, 0.25) is 0 Å². The Morgan fingerprint density at radius 1 is 1.50 bits per heavy atom. The van der Waals surface area contributed by atoms with Crippen molar-refractivity contribution >= 4 is 58.9 Å². The molecule has 0 rings (SSSR count). The van der Waals surface area contributed by atoms with Gasteiger partial charge in [-0.2, -0.15) is 0 Å². The lowest BCUT2D eigenvalue weighted by Gasteiger charge is -2.06. The van der Waals surface area contributed by atoms with Crippen molar-refractivity contribution < 1.29 is 8.76 Å². The SMILES string of the molecule is O=S(O)CC(Br)(Br)Br. The van der Waals surface area contributed by atoms with Crippen molar-refractivity contribution in [3.05, 3.63) is 0 Å². The zero-order valence-corrected chi connectivity index (χ0v) is 9.18. The molecular formula is C2H3Br3O2S. The molecule has 0 aliphatic heterocycles. The molecule has 0 aromatic rings. The number of alkyl halides is 3. The van der Waals surface area contributed by atoms with Crippen LogP contribution in [-0.2, 0) is 11.1 Å². The van der Waals surface area contributed by atoms with E-state index in [1.807, 2.05) is 0 Å². The summed E-state index contributed by atoms with van der Waals surface area (Å²) in [5.41, 5.74) is 0. The molecule has 0 fully saturated rings. The van der Waals surface area contributed by atoms with Gasteiger partial charge in [0.1, 0.15) is 2.14 Å². The third kappa shape index (κ3) is 7.55. The molecule has 0 aliphatic rings. The molecule has 8 heavy (non-hydrogen) atoms. The van der Waals surface area contributed by atoms with Crippen LogP contribution >= 0.6 is 47.8 Å². The average Bonchev–Trinajstić information content (AvgIpc) is 1.21. The second kappa shape index (κ2) is 3.65. The van der Waals surface area contributed by atoms with Crippen LogP contribution in [0.1, 0.15) is 0 Å². The summed E-state index contributed by atoms with van der Waals surface area (Å²) in [7, 11) is 0. The van der Waals surface area contributed by atoms with Gasteiger partial charge in [-0.3, -0.25) is 0 Å². The highest BCUT2D eigenvalue weighted by Gasteiger charge is 2.19. The molecule has 0 saturated heterocycles. The molecule has 1 atom stereocenters. The van der Waals surface area contributed by atoms with E-state index in [-0.39, 0.29) is 5.75 Å². The van der Waals surface area contributed by atoms with Gasteiger partial charge in [-0.05, 0) is 0 Å². The molecule has 0 aromatic carbocycles. The first-order valence-electron chi connectivity index (χ1n) is 1.56. The summed E-state index contributed by atoms with van der Waals surface area (Å²) in [6.45, 7) is 0. The summed E-state index contributed by atoms with van der Waals surface area (Å²) in [6.07, 6.45) is 0. The molecule has 0 aromatic heterocycles.